The van der Waals surface area contributed by atoms with Gasteiger partial charge in [-0.25, -0.2) is 0 Å². The zero-order valence-electron chi connectivity index (χ0n) is 15.1. The van der Waals surface area contributed by atoms with Gasteiger partial charge in [0, 0.05) is 24.2 Å². The number of hydrogen-bond acceptors (Lipinski definition) is 2. The molecule has 1 aliphatic carbocycles. The summed E-state index contributed by atoms with van der Waals surface area (Å²) in [6, 6.07) is 2.85. The van der Waals surface area contributed by atoms with E-state index >= 15 is 0 Å². The number of hydrogen-bond donors (Lipinski definition) is 0. The van der Waals surface area contributed by atoms with Gasteiger partial charge in [0.15, 0.2) is 5.92 Å². The van der Waals surface area contributed by atoms with E-state index in [1.165, 1.54) is 11.0 Å². The lowest BCUT2D eigenvalue weighted by atomic mass is 9.95. The second-order valence-corrected chi connectivity index (χ2v) is 7.36. The van der Waals surface area contributed by atoms with Gasteiger partial charge in [-0.2, -0.15) is 26.3 Å². The van der Waals surface area contributed by atoms with Gasteiger partial charge in [0.25, 0.3) is 0 Å². The molecule has 1 aromatic carbocycles. The molecule has 2 aliphatic rings. The fourth-order valence-electron chi connectivity index (χ4n) is 4.02. The van der Waals surface area contributed by atoms with Crippen LogP contribution in [0.25, 0.3) is 0 Å². The second-order valence-electron chi connectivity index (χ2n) is 7.36. The Morgan fingerprint density at radius 1 is 1.11 bits per heavy atom. The van der Waals surface area contributed by atoms with E-state index in [-0.39, 0.29) is 37.1 Å². The number of amides is 1. The molecular weight excluding hydrogens is 388 g/mol. The SMILES string of the molecule is O=C(CC1CCCC1)N1CCOCc2cc(C(C(F)(F)F)C(F)(F)F)ccc21. The van der Waals surface area contributed by atoms with E-state index < -0.39 is 23.8 Å². The first-order valence-corrected chi connectivity index (χ1v) is 9.21. The summed E-state index contributed by atoms with van der Waals surface area (Å²) in [6.45, 7) is 0.251. The van der Waals surface area contributed by atoms with Gasteiger partial charge in [-0.1, -0.05) is 25.0 Å². The van der Waals surface area contributed by atoms with Crippen LogP contribution in [0, 0.1) is 5.92 Å². The molecule has 0 atom stereocenters. The van der Waals surface area contributed by atoms with Gasteiger partial charge in [-0.3, -0.25) is 4.79 Å². The molecule has 0 N–H and O–H groups in total. The zero-order valence-corrected chi connectivity index (χ0v) is 15.1. The number of carbonyl (C=O) groups excluding carboxylic acids is 1. The highest BCUT2D eigenvalue weighted by Gasteiger charge is 2.57. The minimum absolute atomic E-state index is 0.140. The van der Waals surface area contributed by atoms with Gasteiger partial charge in [0.05, 0.1) is 13.2 Å². The van der Waals surface area contributed by atoms with Gasteiger partial charge in [-0.15, -0.1) is 0 Å². The maximum Gasteiger partial charge on any atom is 0.404 e. The summed E-state index contributed by atoms with van der Waals surface area (Å²) < 4.78 is 83.5. The lowest BCUT2D eigenvalue weighted by Gasteiger charge is -2.26. The molecule has 156 valence electrons. The summed E-state index contributed by atoms with van der Waals surface area (Å²) >= 11 is 0. The Balaban J connectivity index is 1.90. The number of anilines is 1. The predicted molar refractivity (Wildman–Crippen MR) is 89.9 cm³/mol. The molecule has 1 aliphatic heterocycles. The Kier molecular flexibility index (Phi) is 5.93. The Hall–Kier alpha value is -1.77. The zero-order chi connectivity index (χ0) is 20.5. The average molecular weight is 409 g/mol. The second kappa shape index (κ2) is 7.93. The quantitative estimate of drug-likeness (QED) is 0.631. The molecule has 0 unspecified atom stereocenters. The Labute approximate surface area is 158 Å². The molecule has 3 nitrogen and oxygen atoms in total. The summed E-state index contributed by atoms with van der Waals surface area (Å²) in [5.41, 5.74) is -0.409. The highest BCUT2D eigenvalue weighted by Crippen LogP contribution is 2.47. The fourth-order valence-corrected chi connectivity index (χ4v) is 4.02. The van der Waals surface area contributed by atoms with Crippen LogP contribution in [0.5, 0.6) is 0 Å². The molecule has 3 rings (SSSR count). The van der Waals surface area contributed by atoms with Crippen molar-refractivity contribution in [1.82, 2.24) is 0 Å². The van der Waals surface area contributed by atoms with Gasteiger partial charge in [0.1, 0.15) is 0 Å². The summed E-state index contributed by atoms with van der Waals surface area (Å²) in [7, 11) is 0. The molecule has 1 amide bonds. The molecule has 0 spiro atoms. The number of fused-ring (bicyclic) bond motifs is 1. The number of benzene rings is 1. The van der Waals surface area contributed by atoms with Crippen molar-refractivity contribution in [3.63, 3.8) is 0 Å². The molecule has 1 aromatic rings. The van der Waals surface area contributed by atoms with Crippen LogP contribution in [0.1, 0.15) is 49.1 Å². The van der Waals surface area contributed by atoms with Crippen LogP contribution in [0.4, 0.5) is 32.0 Å². The lowest BCUT2D eigenvalue weighted by Crippen LogP contribution is -2.35. The smallest absolute Gasteiger partial charge is 0.375 e. The monoisotopic (exact) mass is 409 g/mol. The highest BCUT2D eigenvalue weighted by molar-refractivity contribution is 5.94. The Bertz CT molecular complexity index is 695. The Morgan fingerprint density at radius 3 is 2.36 bits per heavy atom. The average Bonchev–Trinajstić information content (AvgIpc) is 2.97. The summed E-state index contributed by atoms with van der Waals surface area (Å²) in [5.74, 6) is -3.47. The van der Waals surface area contributed by atoms with Gasteiger partial charge in [0.2, 0.25) is 5.91 Å². The molecule has 0 saturated heterocycles. The van der Waals surface area contributed by atoms with E-state index in [2.05, 4.69) is 0 Å². The number of alkyl halides is 6. The van der Waals surface area contributed by atoms with Crippen LogP contribution in [0.3, 0.4) is 0 Å². The topological polar surface area (TPSA) is 29.5 Å². The molecule has 1 heterocycles. The van der Waals surface area contributed by atoms with E-state index in [1.807, 2.05) is 0 Å². The van der Waals surface area contributed by atoms with Crippen molar-refractivity contribution < 1.29 is 35.9 Å². The first kappa shape index (κ1) is 21.0. The van der Waals surface area contributed by atoms with Crippen molar-refractivity contribution >= 4 is 11.6 Å². The van der Waals surface area contributed by atoms with E-state index in [0.29, 0.717) is 12.1 Å². The number of carbonyl (C=O) groups is 1. The molecular formula is C19H21F6NO2. The molecule has 28 heavy (non-hydrogen) atoms. The number of halogens is 6. The third-order valence-electron chi connectivity index (χ3n) is 5.34. The van der Waals surface area contributed by atoms with Crippen LogP contribution in [-0.2, 0) is 16.1 Å². The fraction of sp³-hybridized carbons (Fsp3) is 0.632. The first-order valence-electron chi connectivity index (χ1n) is 9.21. The van der Waals surface area contributed by atoms with Crippen LogP contribution >= 0.6 is 0 Å². The molecule has 1 saturated carbocycles. The normalized spacial score (nSPS) is 19.0. The van der Waals surface area contributed by atoms with Crippen LogP contribution in [0.2, 0.25) is 0 Å². The van der Waals surface area contributed by atoms with Crippen molar-refractivity contribution in [2.45, 2.75) is 57.0 Å². The summed E-state index contributed by atoms with van der Waals surface area (Å²) in [5, 5.41) is 0. The first-order chi connectivity index (χ1) is 13.1. The van der Waals surface area contributed by atoms with E-state index in [9.17, 15) is 31.1 Å². The van der Waals surface area contributed by atoms with Crippen molar-refractivity contribution in [1.29, 1.82) is 0 Å². The minimum Gasteiger partial charge on any atom is -0.375 e. The van der Waals surface area contributed by atoms with Crippen molar-refractivity contribution in [3.8, 4) is 0 Å². The third kappa shape index (κ3) is 4.61. The van der Waals surface area contributed by atoms with Crippen LogP contribution in [-0.4, -0.2) is 31.4 Å². The number of rotatable bonds is 3. The predicted octanol–water partition coefficient (Wildman–Crippen LogP) is 5.34. The van der Waals surface area contributed by atoms with E-state index in [1.54, 1.807) is 0 Å². The van der Waals surface area contributed by atoms with Crippen molar-refractivity contribution in [2.75, 3.05) is 18.1 Å². The largest absolute Gasteiger partial charge is 0.404 e. The van der Waals surface area contributed by atoms with E-state index in [0.717, 1.165) is 37.8 Å². The minimum atomic E-state index is -5.46. The van der Waals surface area contributed by atoms with Crippen molar-refractivity contribution in [2.24, 2.45) is 5.92 Å². The van der Waals surface area contributed by atoms with E-state index in [4.69, 9.17) is 4.74 Å². The molecule has 9 heteroatoms. The van der Waals surface area contributed by atoms with Crippen LogP contribution in [0.15, 0.2) is 18.2 Å². The highest BCUT2D eigenvalue weighted by atomic mass is 19.4. The molecule has 0 radical (unpaired) electrons. The maximum absolute atomic E-state index is 13.0. The third-order valence-corrected chi connectivity index (χ3v) is 5.34. The molecule has 0 bridgehead atoms. The molecule has 0 aromatic heterocycles. The summed E-state index contributed by atoms with van der Waals surface area (Å²) in [6.07, 6.45) is -6.54. The standard InChI is InChI=1S/C19H21F6NO2/c20-18(21,22)17(19(23,24)25)13-5-6-15-14(10-13)11-28-8-7-26(15)16(27)9-12-3-1-2-4-12/h5-6,10,12,17H,1-4,7-9,11H2. The lowest BCUT2D eigenvalue weighted by molar-refractivity contribution is -0.253. The summed E-state index contributed by atoms with van der Waals surface area (Å²) in [4.78, 5) is 14.1. The number of ether oxygens (including phenoxy) is 1. The maximum atomic E-state index is 13.0. The Morgan fingerprint density at radius 2 is 1.75 bits per heavy atom. The number of nitrogens with zero attached hydrogens (tertiary/aromatic N) is 1. The van der Waals surface area contributed by atoms with Crippen LogP contribution < -0.4 is 4.90 Å². The van der Waals surface area contributed by atoms with Gasteiger partial charge in [-0.05, 0) is 30.4 Å². The molecule has 1 fully saturated rings. The van der Waals surface area contributed by atoms with Gasteiger partial charge < -0.3 is 9.64 Å². The van der Waals surface area contributed by atoms with Gasteiger partial charge >= 0.3 is 12.4 Å². The van der Waals surface area contributed by atoms with Crippen molar-refractivity contribution in [3.05, 3.63) is 29.3 Å².